The molecule has 1 rings (SSSR count). The number of rotatable bonds is 3. The molecule has 1 aliphatic carbocycles. The first-order valence-corrected chi connectivity index (χ1v) is 5.81. The highest BCUT2D eigenvalue weighted by Gasteiger charge is 2.28. The van der Waals surface area contributed by atoms with Crippen LogP contribution in [0.2, 0.25) is 0 Å². The normalized spacial score (nSPS) is 27.9. The zero-order chi connectivity index (χ0) is 12.1. The number of amides is 1. The van der Waals surface area contributed by atoms with Gasteiger partial charge in [0.15, 0.2) is 0 Å². The third kappa shape index (κ3) is 3.48. The van der Waals surface area contributed by atoms with E-state index in [4.69, 9.17) is 10.8 Å². The number of hydrogen-bond acceptors (Lipinski definition) is 3. The molecule has 5 heteroatoms. The van der Waals surface area contributed by atoms with Crippen molar-refractivity contribution in [3.63, 3.8) is 0 Å². The lowest BCUT2D eigenvalue weighted by Gasteiger charge is -2.21. The molecule has 0 aliphatic heterocycles. The van der Waals surface area contributed by atoms with Gasteiger partial charge in [-0.2, -0.15) is 0 Å². The predicted octanol–water partition coefficient (Wildman–Crippen LogP) is 0.483. The van der Waals surface area contributed by atoms with Gasteiger partial charge in [0, 0.05) is 6.04 Å². The molecular formula is C11H20N2O3. The van der Waals surface area contributed by atoms with Crippen molar-refractivity contribution in [2.45, 2.75) is 51.1 Å². The summed E-state index contributed by atoms with van der Waals surface area (Å²) in [6.45, 7) is 1.46. The van der Waals surface area contributed by atoms with Crippen molar-refractivity contribution >= 4 is 11.9 Å². The first kappa shape index (κ1) is 13.0. The minimum absolute atomic E-state index is 0.136. The number of carbonyl (C=O) groups is 2. The van der Waals surface area contributed by atoms with Gasteiger partial charge in [0.25, 0.3) is 0 Å². The summed E-state index contributed by atoms with van der Waals surface area (Å²) in [5, 5.41) is 11.2. The van der Waals surface area contributed by atoms with Crippen LogP contribution >= 0.6 is 0 Å². The second-order valence-electron chi connectivity index (χ2n) is 4.48. The third-order valence-corrected chi connectivity index (χ3v) is 3.14. The average Bonchev–Trinajstić information content (AvgIpc) is 2.42. The van der Waals surface area contributed by atoms with Gasteiger partial charge in [-0.1, -0.05) is 19.3 Å². The second kappa shape index (κ2) is 5.84. The fraction of sp³-hybridized carbons (Fsp3) is 0.818. The largest absolute Gasteiger partial charge is 0.480 e. The monoisotopic (exact) mass is 228 g/mol. The maximum Gasteiger partial charge on any atom is 0.325 e. The van der Waals surface area contributed by atoms with Crippen LogP contribution in [0.15, 0.2) is 0 Å². The van der Waals surface area contributed by atoms with Crippen LogP contribution in [0.25, 0.3) is 0 Å². The predicted molar refractivity (Wildman–Crippen MR) is 59.8 cm³/mol. The molecule has 1 saturated carbocycles. The Labute approximate surface area is 95.4 Å². The van der Waals surface area contributed by atoms with E-state index < -0.39 is 12.0 Å². The molecule has 0 bridgehead atoms. The SMILES string of the molecule is CC(NC(=O)C1CCCCCC1N)C(=O)O. The van der Waals surface area contributed by atoms with Gasteiger partial charge in [-0.3, -0.25) is 9.59 Å². The molecule has 1 fully saturated rings. The van der Waals surface area contributed by atoms with Crippen molar-refractivity contribution in [2.24, 2.45) is 11.7 Å². The molecule has 0 saturated heterocycles. The number of aliphatic carboxylic acids is 1. The van der Waals surface area contributed by atoms with Gasteiger partial charge < -0.3 is 16.2 Å². The van der Waals surface area contributed by atoms with Crippen molar-refractivity contribution in [3.05, 3.63) is 0 Å². The Kier molecular flexibility index (Phi) is 4.73. The molecule has 5 nitrogen and oxygen atoms in total. The summed E-state index contributed by atoms with van der Waals surface area (Å²) in [5.41, 5.74) is 5.92. The Morgan fingerprint density at radius 3 is 2.56 bits per heavy atom. The lowest BCUT2D eigenvalue weighted by molar-refractivity contribution is -0.142. The van der Waals surface area contributed by atoms with Crippen molar-refractivity contribution in [3.8, 4) is 0 Å². The zero-order valence-corrected chi connectivity index (χ0v) is 9.61. The number of carboxylic acids is 1. The van der Waals surface area contributed by atoms with E-state index in [1.807, 2.05) is 0 Å². The number of hydrogen-bond donors (Lipinski definition) is 3. The van der Waals surface area contributed by atoms with Crippen molar-refractivity contribution in [1.29, 1.82) is 0 Å². The van der Waals surface area contributed by atoms with E-state index in [1.54, 1.807) is 0 Å². The van der Waals surface area contributed by atoms with Gasteiger partial charge in [-0.25, -0.2) is 0 Å². The molecule has 92 valence electrons. The van der Waals surface area contributed by atoms with Crippen LogP contribution in [0, 0.1) is 5.92 Å². The number of carbonyl (C=O) groups excluding carboxylic acids is 1. The van der Waals surface area contributed by atoms with Crippen molar-refractivity contribution in [1.82, 2.24) is 5.32 Å². The smallest absolute Gasteiger partial charge is 0.325 e. The lowest BCUT2D eigenvalue weighted by Crippen LogP contribution is -2.46. The van der Waals surface area contributed by atoms with E-state index in [0.717, 1.165) is 32.1 Å². The van der Waals surface area contributed by atoms with Crippen LogP contribution in [0.4, 0.5) is 0 Å². The molecule has 0 aromatic heterocycles. The van der Waals surface area contributed by atoms with E-state index in [1.165, 1.54) is 6.92 Å². The molecule has 0 spiro atoms. The van der Waals surface area contributed by atoms with Crippen LogP contribution < -0.4 is 11.1 Å². The molecule has 3 unspecified atom stereocenters. The van der Waals surface area contributed by atoms with Gasteiger partial charge >= 0.3 is 5.97 Å². The molecule has 3 atom stereocenters. The standard InChI is InChI=1S/C11H20N2O3/c1-7(11(15)16)13-10(14)8-5-3-2-4-6-9(8)12/h7-9H,2-6,12H2,1H3,(H,13,14)(H,15,16). The summed E-state index contributed by atoms with van der Waals surface area (Å²) in [6, 6.07) is -0.980. The van der Waals surface area contributed by atoms with Crippen LogP contribution in [0.1, 0.15) is 39.0 Å². The Balaban J connectivity index is 2.53. The first-order chi connectivity index (χ1) is 7.52. The van der Waals surface area contributed by atoms with Crippen LogP contribution in [-0.4, -0.2) is 29.1 Å². The highest BCUT2D eigenvalue weighted by molar-refractivity contribution is 5.85. The van der Waals surface area contributed by atoms with E-state index in [0.29, 0.717) is 0 Å². The summed E-state index contributed by atoms with van der Waals surface area (Å²) < 4.78 is 0. The van der Waals surface area contributed by atoms with E-state index in [9.17, 15) is 9.59 Å². The van der Waals surface area contributed by atoms with Gasteiger partial charge in [-0.15, -0.1) is 0 Å². The first-order valence-electron chi connectivity index (χ1n) is 5.81. The maximum atomic E-state index is 11.8. The van der Waals surface area contributed by atoms with Crippen LogP contribution in [0.3, 0.4) is 0 Å². The lowest BCUT2D eigenvalue weighted by atomic mass is 9.94. The minimum atomic E-state index is -1.02. The molecule has 0 heterocycles. The summed E-state index contributed by atoms with van der Waals surface area (Å²) in [6.07, 6.45) is 4.76. The summed E-state index contributed by atoms with van der Waals surface area (Å²) in [4.78, 5) is 22.4. The third-order valence-electron chi connectivity index (χ3n) is 3.14. The Morgan fingerprint density at radius 1 is 1.31 bits per heavy atom. The molecule has 0 radical (unpaired) electrons. The number of nitrogens with two attached hydrogens (primary N) is 1. The van der Waals surface area contributed by atoms with Crippen LogP contribution in [0.5, 0.6) is 0 Å². The summed E-state index contributed by atoms with van der Waals surface area (Å²) >= 11 is 0. The van der Waals surface area contributed by atoms with Crippen molar-refractivity contribution < 1.29 is 14.7 Å². The second-order valence-corrected chi connectivity index (χ2v) is 4.48. The molecule has 16 heavy (non-hydrogen) atoms. The quantitative estimate of drug-likeness (QED) is 0.613. The zero-order valence-electron chi connectivity index (χ0n) is 9.61. The number of carboxylic acid groups (broad SMARTS) is 1. The Morgan fingerprint density at radius 2 is 1.94 bits per heavy atom. The molecule has 1 aliphatic rings. The molecular weight excluding hydrogens is 208 g/mol. The van der Waals surface area contributed by atoms with Gasteiger partial charge in [-0.05, 0) is 19.8 Å². The van der Waals surface area contributed by atoms with Gasteiger partial charge in [0.1, 0.15) is 6.04 Å². The van der Waals surface area contributed by atoms with E-state index in [-0.39, 0.29) is 17.9 Å². The van der Waals surface area contributed by atoms with Gasteiger partial charge in [0.2, 0.25) is 5.91 Å². The average molecular weight is 228 g/mol. The number of nitrogens with one attached hydrogen (secondary N) is 1. The minimum Gasteiger partial charge on any atom is -0.480 e. The van der Waals surface area contributed by atoms with E-state index >= 15 is 0 Å². The van der Waals surface area contributed by atoms with Crippen LogP contribution in [-0.2, 0) is 9.59 Å². The molecule has 0 aromatic rings. The molecule has 4 N–H and O–H groups in total. The van der Waals surface area contributed by atoms with Crippen molar-refractivity contribution in [2.75, 3.05) is 0 Å². The van der Waals surface area contributed by atoms with Gasteiger partial charge in [0.05, 0.1) is 5.92 Å². The summed E-state index contributed by atoms with van der Waals surface area (Å²) in [7, 11) is 0. The van der Waals surface area contributed by atoms with E-state index in [2.05, 4.69) is 5.32 Å². The Bertz CT molecular complexity index is 268. The summed E-state index contributed by atoms with van der Waals surface area (Å²) in [5.74, 6) is -1.47. The fourth-order valence-corrected chi connectivity index (χ4v) is 2.04. The Hall–Kier alpha value is -1.10. The topological polar surface area (TPSA) is 92.4 Å². The highest BCUT2D eigenvalue weighted by atomic mass is 16.4. The highest BCUT2D eigenvalue weighted by Crippen LogP contribution is 2.22. The maximum absolute atomic E-state index is 11.8. The fourth-order valence-electron chi connectivity index (χ4n) is 2.04. The molecule has 1 amide bonds. The molecule has 0 aromatic carbocycles.